The Morgan fingerprint density at radius 1 is 1.55 bits per heavy atom. The average molecular weight is 292 g/mol. The summed E-state index contributed by atoms with van der Waals surface area (Å²) in [6.07, 6.45) is 1.24. The largest absolute Gasteiger partial charge is 0.488 e. The first kappa shape index (κ1) is 15.3. The van der Waals surface area contributed by atoms with Crippen LogP contribution in [0.4, 0.5) is 0 Å². The van der Waals surface area contributed by atoms with E-state index in [9.17, 15) is 0 Å². The highest BCUT2D eigenvalue weighted by Crippen LogP contribution is 2.29. The average Bonchev–Trinajstić information content (AvgIpc) is 2.78. The summed E-state index contributed by atoms with van der Waals surface area (Å²) < 4.78 is 6.03. The molecular weight excluding hydrogens is 268 g/mol. The molecule has 1 heterocycles. The van der Waals surface area contributed by atoms with Gasteiger partial charge in [0.2, 0.25) is 0 Å². The number of nitrogens with zero attached hydrogens (tertiary/aromatic N) is 1. The van der Waals surface area contributed by atoms with E-state index >= 15 is 0 Å². The molecule has 2 atom stereocenters. The van der Waals surface area contributed by atoms with E-state index in [0.717, 1.165) is 31.8 Å². The lowest BCUT2D eigenvalue weighted by Gasteiger charge is -2.26. The molecule has 0 saturated carbocycles. The number of aryl methyl sites for hydroxylation is 1. The molecule has 3 nitrogen and oxygen atoms in total. The van der Waals surface area contributed by atoms with Gasteiger partial charge in [-0.25, -0.2) is 0 Å². The van der Waals surface area contributed by atoms with Gasteiger partial charge in [-0.05, 0) is 25.1 Å². The SMILES string of the molecule is CCN(CC1Cc2cc(C)ccc2O1)CC(C)C(N)=S. The van der Waals surface area contributed by atoms with E-state index < -0.39 is 0 Å². The highest BCUT2D eigenvalue weighted by atomic mass is 32.1. The Kier molecular flexibility index (Phi) is 5.00. The van der Waals surface area contributed by atoms with Crippen LogP contribution in [-0.4, -0.2) is 35.6 Å². The molecule has 1 aliphatic heterocycles. The van der Waals surface area contributed by atoms with Crippen molar-refractivity contribution in [3.05, 3.63) is 29.3 Å². The highest BCUT2D eigenvalue weighted by Gasteiger charge is 2.25. The number of hydrogen-bond donors (Lipinski definition) is 1. The minimum atomic E-state index is 0.241. The molecule has 4 heteroatoms. The molecular formula is C16H24N2OS. The second kappa shape index (κ2) is 6.55. The van der Waals surface area contributed by atoms with E-state index in [2.05, 4.69) is 43.9 Å². The smallest absolute Gasteiger partial charge is 0.123 e. The van der Waals surface area contributed by atoms with Crippen LogP contribution in [0.15, 0.2) is 18.2 Å². The van der Waals surface area contributed by atoms with Crippen molar-refractivity contribution in [3.8, 4) is 5.75 Å². The van der Waals surface area contributed by atoms with Crippen molar-refractivity contribution in [2.24, 2.45) is 11.7 Å². The van der Waals surface area contributed by atoms with E-state index in [4.69, 9.17) is 22.7 Å². The standard InChI is InChI=1S/C16H24N2OS/c1-4-18(9-12(3)16(17)20)10-14-8-13-7-11(2)5-6-15(13)19-14/h5-7,12,14H,4,8-10H2,1-3H3,(H2,17,20). The maximum atomic E-state index is 6.03. The highest BCUT2D eigenvalue weighted by molar-refractivity contribution is 7.80. The third-order valence-electron chi connectivity index (χ3n) is 3.88. The summed E-state index contributed by atoms with van der Waals surface area (Å²) in [6.45, 7) is 9.19. The molecule has 1 aliphatic rings. The predicted octanol–water partition coefficient (Wildman–Crippen LogP) is 2.54. The van der Waals surface area contributed by atoms with Crippen LogP contribution in [0.25, 0.3) is 0 Å². The summed E-state index contributed by atoms with van der Waals surface area (Å²) in [4.78, 5) is 2.96. The fourth-order valence-corrected chi connectivity index (χ4v) is 2.72. The molecule has 110 valence electrons. The van der Waals surface area contributed by atoms with E-state index in [1.54, 1.807) is 0 Å². The number of thiocarbonyl (C=S) groups is 1. The first-order chi connectivity index (χ1) is 9.49. The van der Waals surface area contributed by atoms with Gasteiger partial charge in [-0.3, -0.25) is 4.90 Å². The number of rotatable bonds is 6. The van der Waals surface area contributed by atoms with Crippen LogP contribution in [0.1, 0.15) is 25.0 Å². The Balaban J connectivity index is 1.92. The van der Waals surface area contributed by atoms with Crippen LogP contribution in [0.3, 0.4) is 0 Å². The number of likely N-dealkylation sites (N-methyl/N-ethyl adjacent to an activating group) is 1. The van der Waals surface area contributed by atoms with Crippen molar-refractivity contribution < 1.29 is 4.74 Å². The van der Waals surface area contributed by atoms with Gasteiger partial charge in [0.05, 0.1) is 4.99 Å². The maximum Gasteiger partial charge on any atom is 0.123 e. The zero-order chi connectivity index (χ0) is 14.7. The predicted molar refractivity (Wildman–Crippen MR) is 87.4 cm³/mol. The number of hydrogen-bond acceptors (Lipinski definition) is 3. The Morgan fingerprint density at radius 2 is 2.30 bits per heavy atom. The molecule has 0 aliphatic carbocycles. The summed E-state index contributed by atoms with van der Waals surface area (Å²) >= 11 is 5.06. The van der Waals surface area contributed by atoms with Gasteiger partial charge in [0.15, 0.2) is 0 Å². The molecule has 0 amide bonds. The summed E-state index contributed by atoms with van der Waals surface area (Å²) in [6, 6.07) is 6.41. The molecule has 2 rings (SSSR count). The van der Waals surface area contributed by atoms with Crippen LogP contribution in [0, 0.1) is 12.8 Å². The topological polar surface area (TPSA) is 38.5 Å². The van der Waals surface area contributed by atoms with Crippen molar-refractivity contribution in [2.75, 3.05) is 19.6 Å². The Morgan fingerprint density at radius 3 is 2.95 bits per heavy atom. The molecule has 0 radical (unpaired) electrons. The number of ether oxygens (including phenoxy) is 1. The third-order valence-corrected chi connectivity index (χ3v) is 4.29. The second-order valence-corrected chi connectivity index (χ2v) is 6.18. The zero-order valence-corrected chi connectivity index (χ0v) is 13.4. The lowest BCUT2D eigenvalue weighted by Crippen LogP contribution is -2.39. The van der Waals surface area contributed by atoms with Crippen molar-refractivity contribution in [2.45, 2.75) is 33.3 Å². The molecule has 0 saturated heterocycles. The van der Waals surface area contributed by atoms with Gasteiger partial charge in [0.25, 0.3) is 0 Å². The molecule has 0 spiro atoms. The van der Waals surface area contributed by atoms with Gasteiger partial charge >= 0.3 is 0 Å². The van der Waals surface area contributed by atoms with Crippen LogP contribution in [0.5, 0.6) is 5.75 Å². The van der Waals surface area contributed by atoms with Gasteiger partial charge in [-0.15, -0.1) is 0 Å². The number of nitrogens with two attached hydrogens (primary N) is 1. The third kappa shape index (κ3) is 3.70. The molecule has 1 aromatic rings. The first-order valence-electron chi connectivity index (χ1n) is 7.27. The minimum Gasteiger partial charge on any atom is -0.488 e. The Labute approximate surface area is 127 Å². The lowest BCUT2D eigenvalue weighted by atomic mass is 10.1. The first-order valence-corrected chi connectivity index (χ1v) is 7.68. The quantitative estimate of drug-likeness (QED) is 0.818. The van der Waals surface area contributed by atoms with Gasteiger partial charge in [0.1, 0.15) is 11.9 Å². The molecule has 2 N–H and O–H groups in total. The molecule has 0 bridgehead atoms. The molecule has 20 heavy (non-hydrogen) atoms. The van der Waals surface area contributed by atoms with Crippen molar-refractivity contribution in [1.29, 1.82) is 0 Å². The lowest BCUT2D eigenvalue weighted by molar-refractivity contribution is 0.149. The Hall–Kier alpha value is -1.13. The van der Waals surface area contributed by atoms with Crippen LogP contribution in [0.2, 0.25) is 0 Å². The monoisotopic (exact) mass is 292 g/mol. The minimum absolute atomic E-state index is 0.241. The fourth-order valence-electron chi connectivity index (χ4n) is 2.65. The van der Waals surface area contributed by atoms with Gasteiger partial charge in [-0.1, -0.05) is 43.8 Å². The number of fused-ring (bicyclic) bond motifs is 1. The van der Waals surface area contributed by atoms with E-state index in [1.807, 2.05) is 0 Å². The number of benzene rings is 1. The Bertz CT molecular complexity index is 489. The van der Waals surface area contributed by atoms with Crippen LogP contribution >= 0.6 is 12.2 Å². The van der Waals surface area contributed by atoms with Crippen molar-refractivity contribution in [3.63, 3.8) is 0 Å². The fraction of sp³-hybridized carbons (Fsp3) is 0.562. The van der Waals surface area contributed by atoms with E-state index in [-0.39, 0.29) is 12.0 Å². The molecule has 1 aromatic carbocycles. The van der Waals surface area contributed by atoms with Crippen LogP contribution in [-0.2, 0) is 6.42 Å². The van der Waals surface area contributed by atoms with Crippen molar-refractivity contribution in [1.82, 2.24) is 4.90 Å². The normalized spacial score (nSPS) is 18.7. The molecule has 0 fully saturated rings. The zero-order valence-electron chi connectivity index (χ0n) is 12.6. The van der Waals surface area contributed by atoms with Gasteiger partial charge < -0.3 is 10.5 Å². The molecule has 2 unspecified atom stereocenters. The van der Waals surface area contributed by atoms with Gasteiger partial charge in [-0.2, -0.15) is 0 Å². The van der Waals surface area contributed by atoms with Crippen LogP contribution < -0.4 is 10.5 Å². The van der Waals surface area contributed by atoms with E-state index in [1.165, 1.54) is 11.1 Å². The van der Waals surface area contributed by atoms with Crippen molar-refractivity contribution >= 4 is 17.2 Å². The summed E-state index contributed by atoms with van der Waals surface area (Å²) in [5.41, 5.74) is 8.33. The molecule has 0 aromatic heterocycles. The van der Waals surface area contributed by atoms with E-state index in [0.29, 0.717) is 4.99 Å². The maximum absolute atomic E-state index is 6.03. The summed E-state index contributed by atoms with van der Waals surface area (Å²) in [5.74, 6) is 1.29. The second-order valence-electron chi connectivity index (χ2n) is 5.71. The summed E-state index contributed by atoms with van der Waals surface area (Å²) in [5, 5.41) is 0. The summed E-state index contributed by atoms with van der Waals surface area (Å²) in [7, 11) is 0. The van der Waals surface area contributed by atoms with Gasteiger partial charge in [0, 0.05) is 25.4 Å².